The average molecular weight is 155 g/mol. The van der Waals surface area contributed by atoms with Crippen LogP contribution in [0.2, 0.25) is 0 Å². The predicted molar refractivity (Wildman–Crippen MR) is 27.0 cm³/mol. The topological polar surface area (TPSA) is 85.0 Å². The van der Waals surface area contributed by atoms with Crippen molar-refractivity contribution in [3.05, 3.63) is 10.4 Å². The zero-order valence-electron chi connectivity index (χ0n) is 5.60. The zero-order valence-corrected chi connectivity index (χ0v) is 7.60. The van der Waals surface area contributed by atoms with E-state index in [0.29, 0.717) is 0 Å². The van der Waals surface area contributed by atoms with Gasteiger partial charge in [0.25, 0.3) is 0 Å². The summed E-state index contributed by atoms with van der Waals surface area (Å²) in [5.74, 6) is 0. The van der Waals surface area contributed by atoms with Crippen LogP contribution in [0, 0.1) is 10.4 Å². The van der Waals surface area contributed by atoms with E-state index in [4.69, 9.17) is 5.11 Å². The third-order valence-corrected chi connectivity index (χ3v) is 1.15. The van der Waals surface area contributed by atoms with Gasteiger partial charge in [-0.15, -0.1) is 5.01 Å². The maximum atomic E-state index is 10.2. The first-order valence-corrected chi connectivity index (χ1v) is 2.47. The monoisotopic (exact) mass is 155 g/mol. The molecule has 0 radical (unpaired) electrons. The van der Waals surface area contributed by atoms with Gasteiger partial charge in [0.05, 0.1) is 0 Å². The maximum absolute atomic E-state index is 10.2. The minimum atomic E-state index is -0.483. The van der Waals surface area contributed by atoms with Crippen LogP contribution >= 0.6 is 0 Å². The number of β-amino-alcohol motifs (C(OH)–C–C–N with tert-alkyl or cyclic N) is 1. The van der Waals surface area contributed by atoms with Crippen LogP contribution in [-0.4, -0.2) is 34.3 Å². The summed E-state index contributed by atoms with van der Waals surface area (Å²) in [7, 11) is 0. The first-order chi connectivity index (χ1) is 4.24. The standard InChI is InChI=1S/C3H7N3O3.Na/c7-3-1-5(2-3)6(9)4-8;/h3,7-8H,1-2H2;/q;+1/p-1/b6-4+;. The molecule has 0 aromatic rings. The van der Waals surface area contributed by atoms with Gasteiger partial charge >= 0.3 is 29.6 Å². The van der Waals surface area contributed by atoms with Gasteiger partial charge in [0, 0.05) is 4.97 Å². The number of hydrogen-bond acceptors (Lipinski definition) is 4. The summed E-state index contributed by atoms with van der Waals surface area (Å²) in [6.07, 6.45) is -0.483. The second-order valence-corrected chi connectivity index (χ2v) is 1.86. The van der Waals surface area contributed by atoms with E-state index in [2.05, 4.69) is 5.28 Å². The van der Waals surface area contributed by atoms with Crippen LogP contribution in [0.3, 0.4) is 0 Å². The zero-order chi connectivity index (χ0) is 6.85. The molecule has 0 unspecified atom stereocenters. The Morgan fingerprint density at radius 2 is 2.10 bits per heavy atom. The average Bonchev–Trinajstić information content (AvgIpc) is 1.79. The second-order valence-electron chi connectivity index (χ2n) is 1.86. The van der Waals surface area contributed by atoms with Gasteiger partial charge in [0.15, 0.2) is 0 Å². The van der Waals surface area contributed by atoms with Crippen molar-refractivity contribution in [2.24, 2.45) is 5.28 Å². The smallest absolute Gasteiger partial charge is 0.737 e. The van der Waals surface area contributed by atoms with Crippen LogP contribution in [0.5, 0.6) is 0 Å². The second kappa shape index (κ2) is 3.97. The molecular weight excluding hydrogens is 149 g/mol. The Labute approximate surface area is 79.6 Å². The first kappa shape index (κ1) is 9.96. The summed E-state index contributed by atoms with van der Waals surface area (Å²) < 4.78 is 0. The summed E-state index contributed by atoms with van der Waals surface area (Å²) in [4.78, 5) is -0.0628. The van der Waals surface area contributed by atoms with E-state index in [1.807, 2.05) is 0 Å². The van der Waals surface area contributed by atoms with Crippen molar-refractivity contribution < 1.29 is 39.6 Å². The van der Waals surface area contributed by atoms with Gasteiger partial charge in [0.1, 0.15) is 19.2 Å². The van der Waals surface area contributed by atoms with E-state index < -0.39 is 6.10 Å². The van der Waals surface area contributed by atoms with E-state index in [1.165, 1.54) is 0 Å². The van der Waals surface area contributed by atoms with Gasteiger partial charge in [-0.05, 0) is 5.28 Å². The van der Waals surface area contributed by atoms with Gasteiger partial charge in [-0.25, -0.2) is 0 Å². The molecule has 1 aliphatic rings. The molecule has 1 aliphatic heterocycles. The number of rotatable bonds is 1. The Bertz CT molecular complexity index is 135. The molecule has 0 amide bonds. The Kier molecular flexibility index (Phi) is 3.95. The van der Waals surface area contributed by atoms with Crippen molar-refractivity contribution in [2.75, 3.05) is 13.1 Å². The molecule has 6 nitrogen and oxygen atoms in total. The van der Waals surface area contributed by atoms with Crippen molar-refractivity contribution in [2.45, 2.75) is 6.10 Å². The van der Waals surface area contributed by atoms with E-state index in [9.17, 15) is 10.4 Å². The van der Waals surface area contributed by atoms with E-state index in [0.717, 1.165) is 5.01 Å². The van der Waals surface area contributed by atoms with Crippen LogP contribution in [0.1, 0.15) is 0 Å². The summed E-state index contributed by atoms with van der Waals surface area (Å²) in [5, 5.41) is 31.5. The van der Waals surface area contributed by atoms with E-state index in [-0.39, 0.29) is 47.6 Å². The quantitative estimate of drug-likeness (QED) is 0.181. The molecule has 1 rings (SSSR count). The number of aliphatic hydroxyl groups excluding tert-OH is 1. The molecule has 1 heterocycles. The fourth-order valence-electron chi connectivity index (χ4n) is 0.624. The molecule has 0 aliphatic carbocycles. The molecule has 1 N–H and O–H groups in total. The van der Waals surface area contributed by atoms with Gasteiger partial charge in [0.2, 0.25) is 0 Å². The molecule has 0 aromatic carbocycles. The number of hydrogen-bond donors (Lipinski definition) is 1. The van der Waals surface area contributed by atoms with Gasteiger partial charge in [-0.2, -0.15) is 0 Å². The van der Waals surface area contributed by atoms with Gasteiger partial charge in [-0.1, -0.05) is 0 Å². The van der Waals surface area contributed by atoms with Crippen molar-refractivity contribution in [1.29, 1.82) is 0 Å². The number of hydrazine groups is 1. The minimum absolute atomic E-state index is 0. The molecule has 52 valence electrons. The minimum Gasteiger partial charge on any atom is -0.737 e. The first-order valence-electron chi connectivity index (χ1n) is 2.47. The van der Waals surface area contributed by atoms with Crippen LogP contribution in [-0.2, 0) is 0 Å². The molecule has 10 heavy (non-hydrogen) atoms. The van der Waals surface area contributed by atoms with Crippen molar-refractivity contribution >= 4 is 0 Å². The Hall–Kier alpha value is -0.0400. The Balaban J connectivity index is 0.000000810. The molecule has 0 aromatic heterocycles. The molecule has 7 heteroatoms. The Morgan fingerprint density at radius 3 is 2.40 bits per heavy atom. The molecule has 0 spiro atoms. The molecular formula is C3H6N3NaO3. The fourth-order valence-corrected chi connectivity index (χ4v) is 0.624. The van der Waals surface area contributed by atoms with E-state index >= 15 is 0 Å². The van der Waals surface area contributed by atoms with Crippen molar-refractivity contribution in [3.8, 4) is 0 Å². The maximum Gasteiger partial charge on any atom is 1.00 e. The molecule has 1 fully saturated rings. The molecule has 0 bridgehead atoms. The van der Waals surface area contributed by atoms with Crippen LogP contribution < -0.4 is 29.6 Å². The van der Waals surface area contributed by atoms with E-state index in [1.54, 1.807) is 0 Å². The molecule has 0 saturated carbocycles. The number of nitrogens with zero attached hydrogens (tertiary/aromatic N) is 3. The molecule has 0 atom stereocenters. The SMILES string of the molecule is [Na+].[O-]/N=[N+](/[O-])N1CC(O)C1. The summed E-state index contributed by atoms with van der Waals surface area (Å²) in [6, 6.07) is 0. The summed E-state index contributed by atoms with van der Waals surface area (Å²) >= 11 is 0. The third kappa shape index (κ3) is 1.98. The normalized spacial score (nSPS) is 19.7. The van der Waals surface area contributed by atoms with Crippen molar-refractivity contribution in [1.82, 2.24) is 5.01 Å². The van der Waals surface area contributed by atoms with Crippen LogP contribution in [0.4, 0.5) is 0 Å². The summed E-state index contributed by atoms with van der Waals surface area (Å²) in [6.45, 7) is 0.407. The third-order valence-electron chi connectivity index (χ3n) is 1.15. The van der Waals surface area contributed by atoms with Crippen LogP contribution in [0.25, 0.3) is 0 Å². The largest absolute Gasteiger partial charge is 1.00 e. The van der Waals surface area contributed by atoms with Gasteiger partial charge < -0.3 is 15.5 Å². The Morgan fingerprint density at radius 1 is 1.60 bits per heavy atom. The fraction of sp³-hybridized carbons (Fsp3) is 1.00. The van der Waals surface area contributed by atoms with Crippen molar-refractivity contribution in [3.63, 3.8) is 0 Å². The number of aliphatic hydroxyl groups is 1. The van der Waals surface area contributed by atoms with Crippen LogP contribution in [0.15, 0.2) is 5.28 Å². The predicted octanol–water partition coefficient (Wildman–Crippen LogP) is -3.96. The van der Waals surface area contributed by atoms with Gasteiger partial charge in [-0.3, -0.25) is 0 Å². The summed E-state index contributed by atoms with van der Waals surface area (Å²) in [5.41, 5.74) is 0. The molecule has 1 saturated heterocycles.